The zero-order chi connectivity index (χ0) is 15.0. The average Bonchev–Trinajstić information content (AvgIpc) is 2.48. The number of amides is 1. The van der Waals surface area contributed by atoms with Crippen molar-refractivity contribution in [2.45, 2.75) is 32.7 Å². The Morgan fingerprint density at radius 3 is 2.35 bits per heavy atom. The maximum atomic E-state index is 12.6. The Morgan fingerprint density at radius 1 is 1.20 bits per heavy atom. The average molecular weight is 276 g/mol. The van der Waals surface area contributed by atoms with Crippen LogP contribution in [-0.2, 0) is 4.79 Å². The highest BCUT2D eigenvalue weighted by Gasteiger charge is 2.25. The van der Waals surface area contributed by atoms with Crippen molar-refractivity contribution in [2.75, 3.05) is 20.1 Å². The van der Waals surface area contributed by atoms with Crippen LogP contribution in [0.1, 0.15) is 37.0 Å². The Bertz CT molecular complexity index is 431. The van der Waals surface area contributed by atoms with Crippen molar-refractivity contribution < 1.29 is 9.59 Å². The highest BCUT2D eigenvalue weighted by molar-refractivity contribution is 6.00. The predicted octanol–water partition coefficient (Wildman–Crippen LogP) is 2.11. The highest BCUT2D eigenvalue weighted by atomic mass is 16.2. The summed E-state index contributed by atoms with van der Waals surface area (Å²) < 4.78 is 0. The normalized spacial score (nSPS) is 12.2. The van der Waals surface area contributed by atoms with Crippen molar-refractivity contribution in [3.63, 3.8) is 0 Å². The smallest absolute Gasteiger partial charge is 0.233 e. The molecule has 4 nitrogen and oxygen atoms in total. The van der Waals surface area contributed by atoms with Crippen molar-refractivity contribution in [1.82, 2.24) is 10.2 Å². The molecule has 0 aliphatic carbocycles. The molecule has 1 atom stereocenters. The van der Waals surface area contributed by atoms with Gasteiger partial charge in [0.2, 0.25) is 5.91 Å². The minimum absolute atomic E-state index is 0.0576. The monoisotopic (exact) mass is 276 g/mol. The van der Waals surface area contributed by atoms with Gasteiger partial charge in [-0.1, -0.05) is 44.2 Å². The van der Waals surface area contributed by atoms with E-state index in [-0.39, 0.29) is 24.3 Å². The fourth-order valence-corrected chi connectivity index (χ4v) is 2.30. The van der Waals surface area contributed by atoms with Gasteiger partial charge in [-0.3, -0.25) is 14.5 Å². The van der Waals surface area contributed by atoms with Crippen molar-refractivity contribution in [3.8, 4) is 0 Å². The lowest BCUT2D eigenvalue weighted by atomic mass is 10.0. The summed E-state index contributed by atoms with van der Waals surface area (Å²) in [6.07, 6.45) is 1.61. The first-order valence-corrected chi connectivity index (χ1v) is 7.17. The quantitative estimate of drug-likeness (QED) is 0.740. The van der Waals surface area contributed by atoms with Gasteiger partial charge in [-0.25, -0.2) is 0 Å². The third kappa shape index (κ3) is 4.46. The van der Waals surface area contributed by atoms with E-state index in [0.29, 0.717) is 12.0 Å². The van der Waals surface area contributed by atoms with Crippen LogP contribution in [0.15, 0.2) is 30.3 Å². The van der Waals surface area contributed by atoms with Crippen LogP contribution in [0, 0.1) is 0 Å². The van der Waals surface area contributed by atoms with Gasteiger partial charge in [0.05, 0.1) is 12.6 Å². The minimum Gasteiger partial charge on any atom is -0.358 e. The molecule has 0 fully saturated rings. The molecule has 1 aromatic rings. The summed E-state index contributed by atoms with van der Waals surface area (Å²) in [7, 11) is 1.62. The van der Waals surface area contributed by atoms with Crippen molar-refractivity contribution in [1.29, 1.82) is 0 Å². The van der Waals surface area contributed by atoms with Crippen LogP contribution in [0.3, 0.4) is 0 Å². The van der Waals surface area contributed by atoms with Gasteiger partial charge in [0, 0.05) is 12.6 Å². The topological polar surface area (TPSA) is 49.4 Å². The van der Waals surface area contributed by atoms with E-state index in [0.717, 1.165) is 13.0 Å². The van der Waals surface area contributed by atoms with E-state index in [1.54, 1.807) is 7.05 Å². The van der Waals surface area contributed by atoms with Crippen molar-refractivity contribution >= 4 is 11.7 Å². The number of Topliss-reactive ketones (excluding diaryl/α,β-unsaturated/α-hetero) is 1. The summed E-state index contributed by atoms with van der Waals surface area (Å²) in [4.78, 5) is 26.2. The number of hydrogen-bond donors (Lipinski definition) is 1. The first kappa shape index (κ1) is 16.4. The second-order valence-corrected chi connectivity index (χ2v) is 4.80. The third-order valence-corrected chi connectivity index (χ3v) is 3.32. The van der Waals surface area contributed by atoms with Crippen LogP contribution in [0.2, 0.25) is 0 Å². The number of nitrogens with zero attached hydrogens (tertiary/aromatic N) is 1. The van der Waals surface area contributed by atoms with E-state index < -0.39 is 0 Å². The molecule has 20 heavy (non-hydrogen) atoms. The Labute approximate surface area is 121 Å². The molecule has 1 N–H and O–H groups in total. The Hall–Kier alpha value is -1.68. The fraction of sp³-hybridized carbons (Fsp3) is 0.500. The summed E-state index contributed by atoms with van der Waals surface area (Å²) in [6.45, 7) is 5.04. The van der Waals surface area contributed by atoms with E-state index >= 15 is 0 Å². The molecule has 1 unspecified atom stereocenters. The molecular formula is C16H24N2O2. The molecule has 1 rings (SSSR count). The zero-order valence-electron chi connectivity index (χ0n) is 12.6. The summed E-state index contributed by atoms with van der Waals surface area (Å²) in [5, 5.41) is 2.62. The second kappa shape index (κ2) is 8.48. The van der Waals surface area contributed by atoms with Crippen molar-refractivity contribution in [3.05, 3.63) is 35.9 Å². The van der Waals surface area contributed by atoms with Gasteiger partial charge in [-0.15, -0.1) is 0 Å². The van der Waals surface area contributed by atoms with E-state index in [1.165, 1.54) is 0 Å². The molecule has 0 saturated heterocycles. The first-order valence-electron chi connectivity index (χ1n) is 7.17. The number of ketones is 1. The highest BCUT2D eigenvalue weighted by Crippen LogP contribution is 2.13. The lowest BCUT2D eigenvalue weighted by Gasteiger charge is -2.29. The van der Waals surface area contributed by atoms with Crippen molar-refractivity contribution in [2.24, 2.45) is 0 Å². The van der Waals surface area contributed by atoms with Crippen LogP contribution >= 0.6 is 0 Å². The molecule has 1 amide bonds. The van der Waals surface area contributed by atoms with Crippen LogP contribution in [0.5, 0.6) is 0 Å². The number of hydrogen-bond acceptors (Lipinski definition) is 3. The predicted molar refractivity (Wildman–Crippen MR) is 80.8 cm³/mol. The van der Waals surface area contributed by atoms with Gasteiger partial charge in [0.1, 0.15) is 0 Å². The van der Waals surface area contributed by atoms with E-state index in [9.17, 15) is 9.59 Å². The summed E-state index contributed by atoms with van der Waals surface area (Å²) in [5.41, 5.74) is 0.706. The molecule has 0 saturated carbocycles. The molecule has 0 spiro atoms. The number of rotatable bonds is 8. The molecule has 110 valence electrons. The van der Waals surface area contributed by atoms with E-state index in [4.69, 9.17) is 0 Å². The van der Waals surface area contributed by atoms with Crippen LogP contribution < -0.4 is 5.32 Å². The maximum absolute atomic E-state index is 12.6. The lowest BCUT2D eigenvalue weighted by molar-refractivity contribution is -0.122. The Morgan fingerprint density at radius 2 is 1.85 bits per heavy atom. The second-order valence-electron chi connectivity index (χ2n) is 4.80. The molecule has 0 aromatic heterocycles. The SMILES string of the molecule is CCCN(CC(=O)NC)C(CC)C(=O)c1ccccc1. The number of benzene rings is 1. The first-order chi connectivity index (χ1) is 9.63. The standard InChI is InChI=1S/C16H24N2O2/c1-4-11-18(12-15(19)17-3)14(5-2)16(20)13-9-7-6-8-10-13/h6-10,14H,4-5,11-12H2,1-3H3,(H,17,19). The molecular weight excluding hydrogens is 252 g/mol. The molecule has 1 aromatic carbocycles. The fourth-order valence-electron chi connectivity index (χ4n) is 2.30. The van der Waals surface area contributed by atoms with Gasteiger partial charge < -0.3 is 5.32 Å². The zero-order valence-corrected chi connectivity index (χ0v) is 12.6. The number of likely N-dealkylation sites (N-methyl/N-ethyl adjacent to an activating group) is 1. The third-order valence-electron chi connectivity index (χ3n) is 3.32. The van der Waals surface area contributed by atoms with Gasteiger partial charge in [-0.05, 0) is 19.4 Å². The van der Waals surface area contributed by atoms with Gasteiger partial charge >= 0.3 is 0 Å². The number of nitrogens with one attached hydrogen (secondary N) is 1. The largest absolute Gasteiger partial charge is 0.358 e. The molecule has 0 aliphatic rings. The Balaban J connectivity index is 2.89. The van der Waals surface area contributed by atoms with Crippen LogP contribution in [0.25, 0.3) is 0 Å². The van der Waals surface area contributed by atoms with Crippen LogP contribution in [-0.4, -0.2) is 42.8 Å². The number of carbonyl (C=O) groups excluding carboxylic acids is 2. The van der Waals surface area contributed by atoms with Gasteiger partial charge in [0.25, 0.3) is 0 Å². The van der Waals surface area contributed by atoms with Crippen LogP contribution in [0.4, 0.5) is 0 Å². The molecule has 4 heteroatoms. The van der Waals surface area contributed by atoms with Gasteiger partial charge in [-0.2, -0.15) is 0 Å². The maximum Gasteiger partial charge on any atom is 0.233 e. The summed E-state index contributed by atoms with van der Waals surface area (Å²) >= 11 is 0. The molecule has 0 radical (unpaired) electrons. The molecule has 0 heterocycles. The lowest BCUT2D eigenvalue weighted by Crippen LogP contribution is -2.46. The summed E-state index contributed by atoms with van der Waals surface area (Å²) in [6, 6.07) is 9.04. The Kier molecular flexibility index (Phi) is 6.94. The molecule has 0 aliphatic heterocycles. The molecule has 0 bridgehead atoms. The minimum atomic E-state index is -0.241. The summed E-state index contributed by atoms with van der Waals surface area (Å²) in [5.74, 6) is 0.0308. The van der Waals surface area contributed by atoms with Gasteiger partial charge in [0.15, 0.2) is 5.78 Å². The number of carbonyl (C=O) groups is 2. The van der Waals surface area contributed by atoms with E-state index in [1.807, 2.05) is 42.2 Å². The van der Waals surface area contributed by atoms with E-state index in [2.05, 4.69) is 12.2 Å².